The van der Waals surface area contributed by atoms with Crippen LogP contribution in [0.15, 0.2) is 64.3 Å². The van der Waals surface area contributed by atoms with Crippen molar-refractivity contribution in [1.29, 1.82) is 0 Å². The maximum absolute atomic E-state index is 12.7. The van der Waals surface area contributed by atoms with Crippen LogP contribution in [-0.2, 0) is 4.79 Å². The molecule has 0 saturated heterocycles. The zero-order valence-corrected chi connectivity index (χ0v) is 13.0. The van der Waals surface area contributed by atoms with Gasteiger partial charge in [0, 0.05) is 14.7 Å². The lowest BCUT2D eigenvalue weighted by atomic mass is 9.97. The summed E-state index contributed by atoms with van der Waals surface area (Å²) in [5.41, 5.74) is 4.55. The Morgan fingerprint density at radius 3 is 2.38 bits per heavy atom. The Balaban J connectivity index is 1.83. The second kappa shape index (κ2) is 4.73. The third-order valence-electron chi connectivity index (χ3n) is 3.60. The molecule has 0 saturated carbocycles. The number of hydrogen-bond acceptors (Lipinski definition) is 3. The molecule has 4 rings (SSSR count). The highest BCUT2D eigenvalue weighted by Crippen LogP contribution is 2.29. The Morgan fingerprint density at radius 1 is 0.857 bits per heavy atom. The number of halogens is 1. The molecule has 4 heteroatoms. The number of carbonyl (C=O) groups excluding carboxylic acids is 1. The summed E-state index contributed by atoms with van der Waals surface area (Å²) in [7, 11) is 0. The van der Waals surface area contributed by atoms with Gasteiger partial charge in [0.25, 0.3) is 0 Å². The van der Waals surface area contributed by atoms with Crippen LogP contribution in [0.1, 0.15) is 16.7 Å². The van der Waals surface area contributed by atoms with Crippen molar-refractivity contribution in [3.63, 3.8) is 0 Å². The maximum atomic E-state index is 12.7. The Labute approximate surface area is 135 Å². The third-order valence-corrected chi connectivity index (χ3v) is 4.32. The molecule has 2 aliphatic rings. The molecule has 0 aromatic heterocycles. The van der Waals surface area contributed by atoms with Gasteiger partial charge in [-0.05, 0) is 46.4 Å². The van der Waals surface area contributed by atoms with Crippen molar-refractivity contribution in [2.24, 2.45) is 10.2 Å². The van der Waals surface area contributed by atoms with E-state index in [4.69, 9.17) is 0 Å². The lowest BCUT2D eigenvalue weighted by Gasteiger charge is -2.11. The lowest BCUT2D eigenvalue weighted by molar-refractivity contribution is -0.109. The number of hydrogen-bond donors (Lipinski definition) is 0. The molecule has 0 radical (unpaired) electrons. The summed E-state index contributed by atoms with van der Waals surface area (Å²) >= 11 is 2.23. The molecule has 0 atom stereocenters. The summed E-state index contributed by atoms with van der Waals surface area (Å²) in [5.74, 6) is -0.0580. The standard InChI is InChI=1S/C17H9IN2O/c18-12-7-5-10(6-8-12)15-17(21)14-9-11-3-1-2-4-13(11)16(14)20-19-15/h1-9H. The van der Waals surface area contributed by atoms with E-state index in [1.165, 1.54) is 0 Å². The zero-order chi connectivity index (χ0) is 14.4. The summed E-state index contributed by atoms with van der Waals surface area (Å²) < 4.78 is 1.12. The Bertz CT molecular complexity index is 861. The van der Waals surface area contributed by atoms with E-state index in [0.29, 0.717) is 17.0 Å². The summed E-state index contributed by atoms with van der Waals surface area (Å²) in [4.78, 5) is 12.7. The van der Waals surface area contributed by atoms with Gasteiger partial charge in [-0.1, -0.05) is 36.4 Å². The molecule has 0 bridgehead atoms. The van der Waals surface area contributed by atoms with Gasteiger partial charge in [-0.15, -0.1) is 10.2 Å². The van der Waals surface area contributed by atoms with Crippen molar-refractivity contribution in [1.82, 2.24) is 0 Å². The van der Waals surface area contributed by atoms with Gasteiger partial charge in [0.05, 0.1) is 5.57 Å². The van der Waals surface area contributed by atoms with Crippen LogP contribution >= 0.6 is 22.6 Å². The highest BCUT2D eigenvalue weighted by atomic mass is 127. The van der Waals surface area contributed by atoms with Gasteiger partial charge >= 0.3 is 0 Å². The number of allylic oxidation sites excluding steroid dienone is 1. The van der Waals surface area contributed by atoms with Crippen LogP contribution in [0.5, 0.6) is 0 Å². The number of rotatable bonds is 1. The van der Waals surface area contributed by atoms with Crippen molar-refractivity contribution >= 4 is 45.9 Å². The largest absolute Gasteiger partial charge is 0.287 e. The minimum Gasteiger partial charge on any atom is -0.287 e. The van der Waals surface area contributed by atoms with Gasteiger partial charge in [-0.25, -0.2) is 0 Å². The molecule has 0 fully saturated rings. The molecule has 100 valence electrons. The van der Waals surface area contributed by atoms with Crippen molar-refractivity contribution in [3.05, 3.63) is 74.4 Å². The summed E-state index contributed by atoms with van der Waals surface area (Å²) in [5, 5.41) is 8.44. The van der Waals surface area contributed by atoms with Crippen molar-refractivity contribution in [2.75, 3.05) is 0 Å². The van der Waals surface area contributed by atoms with Crippen LogP contribution in [0.3, 0.4) is 0 Å². The van der Waals surface area contributed by atoms with E-state index >= 15 is 0 Å². The molecule has 21 heavy (non-hydrogen) atoms. The minimum atomic E-state index is -0.0580. The Hall–Kier alpha value is -2.08. The van der Waals surface area contributed by atoms with E-state index in [9.17, 15) is 4.79 Å². The first-order valence-corrected chi connectivity index (χ1v) is 7.60. The Kier molecular flexibility index (Phi) is 2.85. The third kappa shape index (κ3) is 1.98. The molecular weight excluding hydrogens is 375 g/mol. The van der Waals surface area contributed by atoms with E-state index in [0.717, 1.165) is 20.3 Å². The number of carbonyl (C=O) groups is 1. The van der Waals surface area contributed by atoms with E-state index in [-0.39, 0.29) is 5.78 Å². The van der Waals surface area contributed by atoms with Crippen LogP contribution in [0.2, 0.25) is 0 Å². The smallest absolute Gasteiger partial charge is 0.216 e. The highest BCUT2D eigenvalue weighted by molar-refractivity contribution is 14.1. The van der Waals surface area contributed by atoms with E-state index in [1.54, 1.807) is 0 Å². The predicted octanol–water partition coefficient (Wildman–Crippen LogP) is 3.46. The quantitative estimate of drug-likeness (QED) is 0.695. The van der Waals surface area contributed by atoms with Gasteiger partial charge in [0.2, 0.25) is 5.78 Å². The van der Waals surface area contributed by atoms with Crippen LogP contribution < -0.4 is 0 Å². The molecule has 0 spiro atoms. The molecule has 0 unspecified atom stereocenters. The number of nitrogens with zero attached hydrogens (tertiary/aromatic N) is 2. The average molecular weight is 384 g/mol. The monoisotopic (exact) mass is 384 g/mol. The number of benzene rings is 2. The van der Waals surface area contributed by atoms with Gasteiger partial charge in [-0.3, -0.25) is 4.79 Å². The SMILES string of the molecule is O=C1C2=Cc3ccccc3C2=NN=C1c1ccc(I)cc1. The van der Waals surface area contributed by atoms with Crippen LogP contribution in [0, 0.1) is 3.57 Å². The highest BCUT2D eigenvalue weighted by Gasteiger charge is 2.31. The minimum absolute atomic E-state index is 0.0580. The summed E-state index contributed by atoms with van der Waals surface area (Å²) in [6.07, 6.45) is 1.90. The zero-order valence-electron chi connectivity index (χ0n) is 10.9. The van der Waals surface area contributed by atoms with Crippen molar-refractivity contribution < 1.29 is 4.79 Å². The molecule has 0 N–H and O–H groups in total. The van der Waals surface area contributed by atoms with E-state index in [1.807, 2.05) is 54.6 Å². The van der Waals surface area contributed by atoms with Gasteiger partial charge in [0.1, 0.15) is 11.4 Å². The fourth-order valence-electron chi connectivity index (χ4n) is 2.56. The molecule has 3 nitrogen and oxygen atoms in total. The van der Waals surface area contributed by atoms with E-state index < -0.39 is 0 Å². The summed E-state index contributed by atoms with van der Waals surface area (Å²) in [6.45, 7) is 0. The van der Waals surface area contributed by atoms with Crippen LogP contribution in [-0.4, -0.2) is 17.2 Å². The van der Waals surface area contributed by atoms with Crippen molar-refractivity contribution in [2.45, 2.75) is 0 Å². The van der Waals surface area contributed by atoms with Crippen molar-refractivity contribution in [3.8, 4) is 0 Å². The Morgan fingerprint density at radius 2 is 1.57 bits per heavy atom. The number of fused-ring (bicyclic) bond motifs is 3. The topological polar surface area (TPSA) is 41.8 Å². The lowest BCUT2D eigenvalue weighted by Crippen LogP contribution is -2.24. The van der Waals surface area contributed by atoms with Crippen LogP contribution in [0.4, 0.5) is 0 Å². The summed E-state index contributed by atoms with van der Waals surface area (Å²) in [6, 6.07) is 15.6. The first-order valence-electron chi connectivity index (χ1n) is 6.52. The molecule has 2 aromatic carbocycles. The molecule has 1 heterocycles. The second-order valence-electron chi connectivity index (χ2n) is 4.88. The first kappa shape index (κ1) is 12.6. The van der Waals surface area contributed by atoms with E-state index in [2.05, 4.69) is 32.8 Å². The predicted molar refractivity (Wildman–Crippen MR) is 91.7 cm³/mol. The number of Topliss-reactive ketones (excluding diaryl/α,β-unsaturated/α-hetero) is 1. The maximum Gasteiger partial charge on any atom is 0.216 e. The van der Waals surface area contributed by atoms with Gasteiger partial charge < -0.3 is 0 Å². The van der Waals surface area contributed by atoms with Gasteiger partial charge in [-0.2, -0.15) is 0 Å². The fourth-order valence-corrected chi connectivity index (χ4v) is 2.92. The second-order valence-corrected chi connectivity index (χ2v) is 6.12. The van der Waals surface area contributed by atoms with Gasteiger partial charge in [0.15, 0.2) is 0 Å². The van der Waals surface area contributed by atoms with Crippen LogP contribution in [0.25, 0.3) is 6.08 Å². The molecular formula is C17H9IN2O. The molecule has 2 aromatic rings. The molecule has 1 aliphatic carbocycles. The average Bonchev–Trinajstić information content (AvgIpc) is 2.89. The number of ketones is 1. The normalized spacial score (nSPS) is 15.9. The molecule has 1 aliphatic heterocycles. The fraction of sp³-hybridized carbons (Fsp3) is 0. The first-order chi connectivity index (χ1) is 10.2. The molecule has 0 amide bonds.